The predicted molar refractivity (Wildman–Crippen MR) is 90.0 cm³/mol. The number of hydrogen-bond donors (Lipinski definition) is 1. The first-order valence-electron chi connectivity index (χ1n) is 6.70. The standard InChI is InChI=1S/C16H15Cl2N3/c1-9(2)21-15-8-11(17)4-6-14(15)20-16(21)10-3-5-13(19)12(18)7-10/h3-9H,19H2,1-2H3. The fourth-order valence-corrected chi connectivity index (χ4v) is 2.81. The number of anilines is 1. The van der Waals surface area contributed by atoms with Gasteiger partial charge in [-0.1, -0.05) is 23.2 Å². The van der Waals surface area contributed by atoms with Crippen molar-refractivity contribution in [3.63, 3.8) is 0 Å². The van der Waals surface area contributed by atoms with Gasteiger partial charge in [0, 0.05) is 16.6 Å². The molecule has 3 aromatic rings. The van der Waals surface area contributed by atoms with Gasteiger partial charge in [-0.15, -0.1) is 0 Å². The lowest BCUT2D eigenvalue weighted by atomic mass is 10.2. The summed E-state index contributed by atoms with van der Waals surface area (Å²) < 4.78 is 2.16. The summed E-state index contributed by atoms with van der Waals surface area (Å²) in [6, 6.07) is 11.5. The smallest absolute Gasteiger partial charge is 0.141 e. The molecule has 0 spiro atoms. The first-order chi connectivity index (χ1) is 9.97. The molecule has 0 fully saturated rings. The lowest BCUT2D eigenvalue weighted by Gasteiger charge is -2.13. The molecule has 5 heteroatoms. The number of hydrogen-bond acceptors (Lipinski definition) is 2. The molecule has 3 nitrogen and oxygen atoms in total. The van der Waals surface area contributed by atoms with E-state index in [4.69, 9.17) is 33.9 Å². The molecule has 1 heterocycles. The van der Waals surface area contributed by atoms with E-state index in [0.717, 1.165) is 22.4 Å². The van der Waals surface area contributed by atoms with Gasteiger partial charge in [-0.3, -0.25) is 0 Å². The zero-order chi connectivity index (χ0) is 15.1. The van der Waals surface area contributed by atoms with Crippen molar-refractivity contribution in [1.29, 1.82) is 0 Å². The van der Waals surface area contributed by atoms with Crippen molar-refractivity contribution in [3.8, 4) is 11.4 Å². The zero-order valence-corrected chi connectivity index (χ0v) is 13.3. The molecule has 0 aliphatic heterocycles. The summed E-state index contributed by atoms with van der Waals surface area (Å²) in [6.45, 7) is 4.23. The van der Waals surface area contributed by atoms with Crippen molar-refractivity contribution < 1.29 is 0 Å². The van der Waals surface area contributed by atoms with Crippen LogP contribution >= 0.6 is 23.2 Å². The molecule has 0 bridgehead atoms. The van der Waals surface area contributed by atoms with E-state index >= 15 is 0 Å². The van der Waals surface area contributed by atoms with Gasteiger partial charge in [0.15, 0.2) is 0 Å². The van der Waals surface area contributed by atoms with Crippen LogP contribution in [0.2, 0.25) is 10.0 Å². The normalized spacial score (nSPS) is 11.5. The molecule has 2 aromatic carbocycles. The highest BCUT2D eigenvalue weighted by atomic mass is 35.5. The number of nitrogens with two attached hydrogens (primary N) is 1. The van der Waals surface area contributed by atoms with E-state index in [1.165, 1.54) is 0 Å². The summed E-state index contributed by atoms with van der Waals surface area (Å²) in [5, 5.41) is 1.24. The largest absolute Gasteiger partial charge is 0.398 e. The van der Waals surface area contributed by atoms with Gasteiger partial charge < -0.3 is 10.3 Å². The van der Waals surface area contributed by atoms with E-state index < -0.39 is 0 Å². The van der Waals surface area contributed by atoms with E-state index in [2.05, 4.69) is 18.4 Å². The minimum Gasteiger partial charge on any atom is -0.398 e. The molecule has 0 saturated heterocycles. The van der Waals surface area contributed by atoms with Crippen LogP contribution < -0.4 is 5.73 Å². The molecule has 0 radical (unpaired) electrons. The molecule has 1 aromatic heterocycles. The van der Waals surface area contributed by atoms with Crippen molar-refractivity contribution in [2.75, 3.05) is 5.73 Å². The number of benzene rings is 2. The molecule has 0 saturated carbocycles. The van der Waals surface area contributed by atoms with E-state index in [1.54, 1.807) is 6.07 Å². The second-order valence-electron chi connectivity index (χ2n) is 5.27. The van der Waals surface area contributed by atoms with Crippen LogP contribution in [0.4, 0.5) is 5.69 Å². The Bertz CT molecular complexity index is 822. The topological polar surface area (TPSA) is 43.8 Å². The van der Waals surface area contributed by atoms with Crippen LogP contribution in [0.3, 0.4) is 0 Å². The third-order valence-corrected chi connectivity index (χ3v) is 3.99. The Balaban J connectivity index is 2.30. The van der Waals surface area contributed by atoms with Crippen molar-refractivity contribution in [1.82, 2.24) is 9.55 Å². The molecule has 21 heavy (non-hydrogen) atoms. The second kappa shape index (κ2) is 5.24. The van der Waals surface area contributed by atoms with Gasteiger partial charge in [0.25, 0.3) is 0 Å². The van der Waals surface area contributed by atoms with E-state index in [1.807, 2.05) is 30.3 Å². The molecular weight excluding hydrogens is 305 g/mol. The highest BCUT2D eigenvalue weighted by Gasteiger charge is 2.15. The Morgan fingerprint density at radius 1 is 1.10 bits per heavy atom. The Kier molecular flexibility index (Phi) is 3.56. The van der Waals surface area contributed by atoms with Gasteiger partial charge >= 0.3 is 0 Å². The molecule has 3 rings (SSSR count). The van der Waals surface area contributed by atoms with Gasteiger partial charge in [-0.2, -0.15) is 0 Å². The number of rotatable bonds is 2. The van der Waals surface area contributed by atoms with E-state index in [0.29, 0.717) is 15.7 Å². The lowest BCUT2D eigenvalue weighted by Crippen LogP contribution is -2.03. The molecule has 0 aliphatic rings. The number of halogens is 2. The molecule has 108 valence electrons. The fraction of sp³-hybridized carbons (Fsp3) is 0.188. The van der Waals surface area contributed by atoms with E-state index in [9.17, 15) is 0 Å². The van der Waals surface area contributed by atoms with Crippen molar-refractivity contribution in [3.05, 3.63) is 46.4 Å². The second-order valence-corrected chi connectivity index (χ2v) is 6.11. The molecule has 0 unspecified atom stereocenters. The molecular formula is C16H15Cl2N3. The lowest BCUT2D eigenvalue weighted by molar-refractivity contribution is 0.624. The van der Waals surface area contributed by atoms with Gasteiger partial charge in [0.2, 0.25) is 0 Å². The van der Waals surface area contributed by atoms with Crippen LogP contribution in [0.25, 0.3) is 22.4 Å². The third kappa shape index (κ3) is 2.47. The van der Waals surface area contributed by atoms with Gasteiger partial charge in [-0.25, -0.2) is 4.98 Å². The van der Waals surface area contributed by atoms with E-state index in [-0.39, 0.29) is 6.04 Å². The fourth-order valence-electron chi connectivity index (χ4n) is 2.46. The van der Waals surface area contributed by atoms with Crippen molar-refractivity contribution in [2.24, 2.45) is 0 Å². The highest BCUT2D eigenvalue weighted by molar-refractivity contribution is 6.33. The average molecular weight is 320 g/mol. The number of aromatic nitrogens is 2. The third-order valence-electron chi connectivity index (χ3n) is 3.43. The Hall–Kier alpha value is -1.71. The average Bonchev–Trinajstić information content (AvgIpc) is 2.80. The maximum atomic E-state index is 6.14. The molecule has 0 aliphatic carbocycles. The van der Waals surface area contributed by atoms with Crippen LogP contribution in [0.15, 0.2) is 36.4 Å². The summed E-state index contributed by atoms with van der Waals surface area (Å²) in [7, 11) is 0. The Morgan fingerprint density at radius 3 is 2.52 bits per heavy atom. The maximum absolute atomic E-state index is 6.14. The molecule has 2 N–H and O–H groups in total. The number of nitrogen functional groups attached to an aromatic ring is 1. The number of imidazole rings is 1. The minimum atomic E-state index is 0.250. The summed E-state index contributed by atoms with van der Waals surface area (Å²) in [6.07, 6.45) is 0. The Labute approximate surface area is 133 Å². The molecule has 0 atom stereocenters. The Morgan fingerprint density at radius 2 is 1.86 bits per heavy atom. The molecule has 0 amide bonds. The van der Waals surface area contributed by atoms with Gasteiger partial charge in [0.1, 0.15) is 5.82 Å². The maximum Gasteiger partial charge on any atom is 0.141 e. The van der Waals surface area contributed by atoms with Crippen LogP contribution in [0.1, 0.15) is 19.9 Å². The monoisotopic (exact) mass is 319 g/mol. The zero-order valence-electron chi connectivity index (χ0n) is 11.8. The van der Waals surface area contributed by atoms with Crippen LogP contribution in [-0.4, -0.2) is 9.55 Å². The van der Waals surface area contributed by atoms with Crippen LogP contribution in [0.5, 0.6) is 0 Å². The first-order valence-corrected chi connectivity index (χ1v) is 7.46. The number of fused-ring (bicyclic) bond motifs is 1. The highest BCUT2D eigenvalue weighted by Crippen LogP contribution is 2.32. The minimum absolute atomic E-state index is 0.250. The summed E-state index contributed by atoms with van der Waals surface area (Å²) >= 11 is 12.3. The summed E-state index contributed by atoms with van der Waals surface area (Å²) in [5.74, 6) is 0.865. The van der Waals surface area contributed by atoms with Crippen LogP contribution in [-0.2, 0) is 0 Å². The number of nitrogens with zero attached hydrogens (tertiary/aromatic N) is 2. The first kappa shape index (κ1) is 14.2. The van der Waals surface area contributed by atoms with Crippen molar-refractivity contribution >= 4 is 39.9 Å². The van der Waals surface area contributed by atoms with Crippen LogP contribution in [0, 0.1) is 0 Å². The predicted octanol–water partition coefficient (Wildman–Crippen LogP) is 5.17. The van der Waals surface area contributed by atoms with Gasteiger partial charge in [-0.05, 0) is 50.2 Å². The van der Waals surface area contributed by atoms with Crippen molar-refractivity contribution in [2.45, 2.75) is 19.9 Å². The summed E-state index contributed by atoms with van der Waals surface area (Å²) in [4.78, 5) is 4.72. The summed E-state index contributed by atoms with van der Waals surface area (Å²) in [5.41, 5.74) is 9.22. The SMILES string of the molecule is CC(C)n1c(-c2ccc(N)c(Cl)c2)nc2ccc(Cl)cc21. The van der Waals surface area contributed by atoms with Gasteiger partial charge in [0.05, 0.1) is 21.7 Å². The quantitative estimate of drug-likeness (QED) is 0.662.